The van der Waals surface area contributed by atoms with E-state index in [0.29, 0.717) is 0 Å². The molecule has 1 aliphatic rings. The van der Waals surface area contributed by atoms with Crippen molar-refractivity contribution in [3.63, 3.8) is 0 Å². The van der Waals surface area contributed by atoms with Crippen LogP contribution in [0.5, 0.6) is 0 Å². The zero-order chi connectivity index (χ0) is 14.0. The molecule has 0 saturated heterocycles. The zero-order valence-corrected chi connectivity index (χ0v) is 12.7. The van der Waals surface area contributed by atoms with Crippen LogP contribution >= 0.6 is 11.3 Å². The monoisotopic (exact) mass is 282 g/mol. The molecular weight excluding hydrogens is 260 g/mol. The van der Waals surface area contributed by atoms with Gasteiger partial charge in [-0.1, -0.05) is 6.92 Å². The lowest BCUT2D eigenvalue weighted by Crippen LogP contribution is -2.41. The van der Waals surface area contributed by atoms with Gasteiger partial charge in [0.25, 0.3) is 5.91 Å². The molecule has 1 fully saturated rings. The standard InChI is InChI=1S/C14H22N2O2S/c1-4-6-12-15-9(2)13(19-12)14(18)16(3)10-7-5-8-11(10)17/h10-11,17H,4-8H2,1-3H3/t10-,11-/m1/s1. The number of aryl methyl sites for hydroxylation is 2. The van der Waals surface area contributed by atoms with Crippen LogP contribution in [0.1, 0.15) is 53.0 Å². The maximum Gasteiger partial charge on any atom is 0.265 e. The van der Waals surface area contributed by atoms with Gasteiger partial charge in [-0.3, -0.25) is 4.79 Å². The van der Waals surface area contributed by atoms with Gasteiger partial charge in [0.1, 0.15) is 4.88 Å². The molecule has 4 nitrogen and oxygen atoms in total. The molecule has 1 aromatic rings. The van der Waals surface area contributed by atoms with E-state index in [1.165, 1.54) is 11.3 Å². The average molecular weight is 282 g/mol. The molecule has 1 amide bonds. The van der Waals surface area contributed by atoms with E-state index in [-0.39, 0.29) is 18.1 Å². The molecule has 2 rings (SSSR count). The minimum Gasteiger partial charge on any atom is -0.391 e. The molecule has 0 aromatic carbocycles. The second-order valence-corrected chi connectivity index (χ2v) is 6.34. The van der Waals surface area contributed by atoms with Crippen molar-refractivity contribution in [1.29, 1.82) is 0 Å². The van der Waals surface area contributed by atoms with E-state index >= 15 is 0 Å². The van der Waals surface area contributed by atoms with E-state index < -0.39 is 0 Å². The highest BCUT2D eigenvalue weighted by Crippen LogP contribution is 2.27. The number of carbonyl (C=O) groups excluding carboxylic acids is 1. The minimum atomic E-state index is -0.378. The molecule has 0 aliphatic heterocycles. The van der Waals surface area contributed by atoms with Gasteiger partial charge in [-0.25, -0.2) is 4.98 Å². The topological polar surface area (TPSA) is 53.4 Å². The smallest absolute Gasteiger partial charge is 0.265 e. The van der Waals surface area contributed by atoms with Gasteiger partial charge in [-0.05, 0) is 39.0 Å². The molecule has 1 aromatic heterocycles. The van der Waals surface area contributed by atoms with Crippen molar-refractivity contribution in [3.8, 4) is 0 Å². The van der Waals surface area contributed by atoms with Gasteiger partial charge >= 0.3 is 0 Å². The van der Waals surface area contributed by atoms with Crippen LogP contribution in [0, 0.1) is 6.92 Å². The van der Waals surface area contributed by atoms with Crippen LogP contribution in [0.3, 0.4) is 0 Å². The Bertz CT molecular complexity index is 458. The number of likely N-dealkylation sites (N-methyl/N-ethyl adjacent to an activating group) is 1. The third-order valence-corrected chi connectivity index (χ3v) is 4.97. The van der Waals surface area contributed by atoms with E-state index in [9.17, 15) is 9.90 Å². The van der Waals surface area contributed by atoms with Crippen molar-refractivity contribution >= 4 is 17.2 Å². The number of aliphatic hydroxyl groups is 1. The van der Waals surface area contributed by atoms with Gasteiger partial charge in [0.2, 0.25) is 0 Å². The molecule has 0 bridgehead atoms. The van der Waals surface area contributed by atoms with Crippen molar-refractivity contribution in [1.82, 2.24) is 9.88 Å². The van der Waals surface area contributed by atoms with Crippen LogP contribution in [0.15, 0.2) is 0 Å². The summed E-state index contributed by atoms with van der Waals surface area (Å²) in [5.41, 5.74) is 0.817. The Kier molecular flexibility index (Phi) is 4.58. The van der Waals surface area contributed by atoms with Gasteiger partial charge in [-0.2, -0.15) is 0 Å². The highest BCUT2D eigenvalue weighted by Gasteiger charge is 2.32. The van der Waals surface area contributed by atoms with Gasteiger partial charge < -0.3 is 10.0 Å². The zero-order valence-electron chi connectivity index (χ0n) is 11.8. The van der Waals surface area contributed by atoms with Gasteiger partial charge in [0.05, 0.1) is 22.8 Å². The Balaban J connectivity index is 2.14. The third-order valence-electron chi connectivity index (χ3n) is 3.76. The van der Waals surface area contributed by atoms with Crippen LogP contribution in [0.2, 0.25) is 0 Å². The van der Waals surface area contributed by atoms with E-state index in [0.717, 1.165) is 47.7 Å². The molecular formula is C14H22N2O2S. The molecule has 0 radical (unpaired) electrons. The highest BCUT2D eigenvalue weighted by molar-refractivity contribution is 7.13. The summed E-state index contributed by atoms with van der Waals surface area (Å²) in [6.07, 6.45) is 4.27. The van der Waals surface area contributed by atoms with Crippen molar-refractivity contribution in [2.75, 3.05) is 7.05 Å². The fourth-order valence-electron chi connectivity index (χ4n) is 2.65. The van der Waals surface area contributed by atoms with E-state index in [2.05, 4.69) is 11.9 Å². The number of aliphatic hydroxyl groups excluding tert-OH is 1. The maximum absolute atomic E-state index is 12.5. The van der Waals surface area contributed by atoms with E-state index in [1.54, 1.807) is 11.9 Å². The van der Waals surface area contributed by atoms with Crippen LogP contribution in [-0.4, -0.2) is 40.1 Å². The molecule has 1 heterocycles. The van der Waals surface area contributed by atoms with Gasteiger partial charge in [0, 0.05) is 7.05 Å². The maximum atomic E-state index is 12.5. The first-order valence-electron chi connectivity index (χ1n) is 6.96. The summed E-state index contributed by atoms with van der Waals surface area (Å²) in [7, 11) is 1.79. The lowest BCUT2D eigenvalue weighted by Gasteiger charge is -2.26. The van der Waals surface area contributed by atoms with Crippen molar-refractivity contribution in [2.24, 2.45) is 0 Å². The SMILES string of the molecule is CCCc1nc(C)c(C(=O)N(C)[C@@H]2CCC[C@H]2O)s1. The molecule has 1 N–H and O–H groups in total. The van der Waals surface area contributed by atoms with Crippen LogP contribution in [-0.2, 0) is 6.42 Å². The number of carbonyl (C=O) groups is 1. The summed E-state index contributed by atoms with van der Waals surface area (Å²) in [6.45, 7) is 4.00. The molecule has 1 saturated carbocycles. The number of rotatable bonds is 4. The molecule has 2 atom stereocenters. The Morgan fingerprint density at radius 2 is 2.26 bits per heavy atom. The number of hydrogen-bond acceptors (Lipinski definition) is 4. The largest absolute Gasteiger partial charge is 0.391 e. The van der Waals surface area contributed by atoms with Crippen molar-refractivity contribution in [2.45, 2.75) is 58.1 Å². The Hall–Kier alpha value is -0.940. The number of hydrogen-bond donors (Lipinski definition) is 1. The quantitative estimate of drug-likeness (QED) is 0.922. The Morgan fingerprint density at radius 3 is 2.84 bits per heavy atom. The summed E-state index contributed by atoms with van der Waals surface area (Å²) in [5, 5.41) is 10.9. The predicted octanol–water partition coefficient (Wildman–Crippen LogP) is 2.39. The highest BCUT2D eigenvalue weighted by atomic mass is 32.1. The first-order chi connectivity index (χ1) is 9.04. The number of nitrogens with zero attached hydrogens (tertiary/aromatic N) is 2. The second kappa shape index (κ2) is 6.01. The molecule has 106 valence electrons. The van der Waals surface area contributed by atoms with Gasteiger partial charge in [-0.15, -0.1) is 11.3 Å². The average Bonchev–Trinajstić information content (AvgIpc) is 2.94. The molecule has 0 spiro atoms. The summed E-state index contributed by atoms with van der Waals surface area (Å²) >= 11 is 1.50. The first-order valence-corrected chi connectivity index (χ1v) is 7.77. The predicted molar refractivity (Wildman–Crippen MR) is 76.6 cm³/mol. The van der Waals surface area contributed by atoms with E-state index in [4.69, 9.17) is 0 Å². The normalized spacial score (nSPS) is 22.7. The summed E-state index contributed by atoms with van der Waals surface area (Å²) in [6, 6.07) is -0.0383. The van der Waals surface area contributed by atoms with Crippen molar-refractivity contribution < 1.29 is 9.90 Å². The molecule has 5 heteroatoms. The minimum absolute atomic E-state index is 0.00306. The molecule has 1 aliphatic carbocycles. The Labute approximate surface area is 118 Å². The lowest BCUT2D eigenvalue weighted by molar-refractivity contribution is 0.0542. The van der Waals surface area contributed by atoms with Crippen LogP contribution < -0.4 is 0 Å². The third kappa shape index (κ3) is 2.98. The van der Waals surface area contributed by atoms with Crippen LogP contribution in [0.4, 0.5) is 0 Å². The molecule has 0 unspecified atom stereocenters. The Morgan fingerprint density at radius 1 is 1.53 bits per heavy atom. The fraction of sp³-hybridized carbons (Fsp3) is 0.714. The first kappa shape index (κ1) is 14.5. The van der Waals surface area contributed by atoms with Crippen molar-refractivity contribution in [3.05, 3.63) is 15.6 Å². The molecule has 19 heavy (non-hydrogen) atoms. The summed E-state index contributed by atoms with van der Waals surface area (Å²) in [4.78, 5) is 19.4. The second-order valence-electron chi connectivity index (χ2n) is 5.25. The van der Waals surface area contributed by atoms with E-state index in [1.807, 2.05) is 6.92 Å². The fourth-order valence-corrected chi connectivity index (χ4v) is 3.80. The number of thiazole rings is 1. The number of amides is 1. The summed E-state index contributed by atoms with van der Waals surface area (Å²) in [5.74, 6) is 0.00306. The number of aromatic nitrogens is 1. The van der Waals surface area contributed by atoms with Gasteiger partial charge in [0.15, 0.2) is 0 Å². The lowest BCUT2D eigenvalue weighted by atomic mass is 10.2. The summed E-state index contributed by atoms with van der Waals surface area (Å²) < 4.78 is 0. The van der Waals surface area contributed by atoms with Crippen LogP contribution in [0.25, 0.3) is 0 Å².